The van der Waals surface area contributed by atoms with Crippen LogP contribution < -0.4 is 10.8 Å². The van der Waals surface area contributed by atoms with Crippen molar-refractivity contribution in [1.82, 2.24) is 10.8 Å². The number of imide groups is 1. The summed E-state index contributed by atoms with van der Waals surface area (Å²) in [5.41, 5.74) is 2.18. The fraction of sp³-hybridized carbons (Fsp3) is 0.227. The Kier molecular flexibility index (Phi) is 9.23. The lowest BCUT2D eigenvalue weighted by Crippen LogP contribution is -2.33. The SMILES string of the molecule is C[C@H](CC/C=C/C(=O)NO)[C@@H](OC(=O)NC(=O)c1ccccc1)c1cc(Br)ccc1O. The Balaban J connectivity index is 2.14. The van der Waals surface area contributed by atoms with E-state index in [4.69, 9.17) is 9.94 Å². The number of carbonyl (C=O) groups is 3. The molecular formula is C22H23BrN2O6. The van der Waals surface area contributed by atoms with E-state index >= 15 is 0 Å². The van der Waals surface area contributed by atoms with E-state index in [9.17, 15) is 19.5 Å². The molecule has 9 heteroatoms. The lowest BCUT2D eigenvalue weighted by molar-refractivity contribution is -0.124. The van der Waals surface area contributed by atoms with Crippen molar-refractivity contribution in [2.75, 3.05) is 0 Å². The van der Waals surface area contributed by atoms with E-state index < -0.39 is 24.0 Å². The molecular weight excluding hydrogens is 468 g/mol. The van der Waals surface area contributed by atoms with E-state index in [-0.39, 0.29) is 11.7 Å². The van der Waals surface area contributed by atoms with Crippen LogP contribution in [-0.2, 0) is 9.53 Å². The van der Waals surface area contributed by atoms with Crippen molar-refractivity contribution in [2.24, 2.45) is 5.92 Å². The molecule has 2 atom stereocenters. The van der Waals surface area contributed by atoms with Gasteiger partial charge in [0.2, 0.25) is 0 Å². The van der Waals surface area contributed by atoms with Gasteiger partial charge in [-0.1, -0.05) is 47.1 Å². The van der Waals surface area contributed by atoms with Crippen molar-refractivity contribution in [3.63, 3.8) is 0 Å². The van der Waals surface area contributed by atoms with E-state index in [1.54, 1.807) is 48.5 Å². The van der Waals surface area contributed by atoms with Crippen LogP contribution in [0.1, 0.15) is 41.8 Å². The molecule has 0 aromatic heterocycles. The molecule has 4 N–H and O–H groups in total. The van der Waals surface area contributed by atoms with Crippen molar-refractivity contribution < 1.29 is 29.4 Å². The van der Waals surface area contributed by atoms with Crippen molar-refractivity contribution in [3.8, 4) is 5.75 Å². The number of amides is 3. The van der Waals surface area contributed by atoms with E-state index in [2.05, 4.69) is 21.2 Å². The molecule has 0 saturated carbocycles. The summed E-state index contributed by atoms with van der Waals surface area (Å²) in [6, 6.07) is 13.0. The Labute approximate surface area is 188 Å². The summed E-state index contributed by atoms with van der Waals surface area (Å²) in [4.78, 5) is 35.7. The maximum atomic E-state index is 12.4. The maximum absolute atomic E-state index is 12.4. The molecule has 0 saturated heterocycles. The van der Waals surface area contributed by atoms with Gasteiger partial charge in [0.15, 0.2) is 0 Å². The number of phenols is 1. The summed E-state index contributed by atoms with van der Waals surface area (Å²) < 4.78 is 6.21. The van der Waals surface area contributed by atoms with Gasteiger partial charge in [-0.3, -0.25) is 20.1 Å². The van der Waals surface area contributed by atoms with Gasteiger partial charge in [0, 0.05) is 21.7 Å². The Morgan fingerprint density at radius 2 is 1.87 bits per heavy atom. The van der Waals surface area contributed by atoms with Crippen LogP contribution in [0.3, 0.4) is 0 Å². The second-order valence-electron chi connectivity index (χ2n) is 6.78. The highest BCUT2D eigenvalue weighted by atomic mass is 79.9. The van der Waals surface area contributed by atoms with Crippen LogP contribution >= 0.6 is 15.9 Å². The highest BCUT2D eigenvalue weighted by Gasteiger charge is 2.27. The fourth-order valence-corrected chi connectivity index (χ4v) is 3.26. The Hall–Kier alpha value is -3.17. The Bertz CT molecular complexity index is 948. The predicted octanol–water partition coefficient (Wildman–Crippen LogP) is 4.24. The molecule has 0 radical (unpaired) electrons. The first-order valence-corrected chi connectivity index (χ1v) is 10.3. The van der Waals surface area contributed by atoms with Gasteiger partial charge in [0.05, 0.1) is 0 Å². The number of nitrogens with one attached hydrogen (secondary N) is 2. The summed E-state index contributed by atoms with van der Waals surface area (Å²) >= 11 is 3.34. The second-order valence-corrected chi connectivity index (χ2v) is 7.70. The molecule has 2 rings (SSSR count). The van der Waals surface area contributed by atoms with Gasteiger partial charge >= 0.3 is 6.09 Å². The van der Waals surface area contributed by atoms with Gasteiger partial charge in [0.25, 0.3) is 11.8 Å². The molecule has 0 aliphatic rings. The molecule has 164 valence electrons. The summed E-state index contributed by atoms with van der Waals surface area (Å²) in [5, 5.41) is 21.0. The number of rotatable bonds is 8. The number of ether oxygens (including phenoxy) is 1. The standard InChI is InChI=1S/C22H23BrN2O6/c1-14(7-5-6-10-19(27)25-30)20(17-13-16(23)11-12-18(17)26)31-22(29)24-21(28)15-8-3-2-4-9-15/h2-4,6,8-14,20,26,30H,5,7H2,1H3,(H,25,27)(H,24,28,29)/b10-6+/t14-,20-/m1/s1. The van der Waals surface area contributed by atoms with E-state index in [0.29, 0.717) is 28.4 Å². The zero-order valence-electron chi connectivity index (χ0n) is 16.7. The summed E-state index contributed by atoms with van der Waals surface area (Å²) in [5.74, 6) is -1.59. The first-order valence-electron chi connectivity index (χ1n) is 9.47. The number of hydroxylamine groups is 1. The van der Waals surface area contributed by atoms with Gasteiger partial charge in [-0.2, -0.15) is 0 Å². The molecule has 0 spiro atoms. The highest BCUT2D eigenvalue weighted by Crippen LogP contribution is 2.36. The molecule has 0 fully saturated rings. The largest absolute Gasteiger partial charge is 0.508 e. The lowest BCUT2D eigenvalue weighted by atomic mass is 9.92. The number of allylic oxidation sites excluding steroid dienone is 1. The zero-order chi connectivity index (χ0) is 22.8. The quantitative estimate of drug-likeness (QED) is 0.249. The average Bonchev–Trinajstić information content (AvgIpc) is 2.77. The van der Waals surface area contributed by atoms with Crippen LogP contribution in [0.25, 0.3) is 0 Å². The minimum atomic E-state index is -0.944. The van der Waals surface area contributed by atoms with Gasteiger partial charge < -0.3 is 9.84 Å². The zero-order valence-corrected chi connectivity index (χ0v) is 18.3. The first kappa shape index (κ1) is 24.1. The van der Waals surface area contributed by atoms with Crippen LogP contribution in [0.5, 0.6) is 5.75 Å². The lowest BCUT2D eigenvalue weighted by Gasteiger charge is -2.25. The topological polar surface area (TPSA) is 125 Å². The average molecular weight is 491 g/mol. The number of hydrogen-bond donors (Lipinski definition) is 4. The third-order valence-corrected chi connectivity index (χ3v) is 4.96. The van der Waals surface area contributed by atoms with Crippen LogP contribution in [0, 0.1) is 5.92 Å². The molecule has 3 amide bonds. The van der Waals surface area contributed by atoms with Gasteiger partial charge in [-0.05, 0) is 49.1 Å². The van der Waals surface area contributed by atoms with Crippen LogP contribution in [-0.4, -0.2) is 28.2 Å². The van der Waals surface area contributed by atoms with E-state index in [1.165, 1.54) is 17.6 Å². The maximum Gasteiger partial charge on any atom is 0.414 e. The third-order valence-electron chi connectivity index (χ3n) is 4.47. The Morgan fingerprint density at radius 1 is 1.16 bits per heavy atom. The molecule has 2 aromatic rings. The minimum Gasteiger partial charge on any atom is -0.508 e. The normalized spacial score (nSPS) is 12.7. The Morgan fingerprint density at radius 3 is 2.55 bits per heavy atom. The molecule has 0 heterocycles. The van der Waals surface area contributed by atoms with Crippen molar-refractivity contribution in [1.29, 1.82) is 0 Å². The van der Waals surface area contributed by atoms with Crippen molar-refractivity contribution in [2.45, 2.75) is 25.9 Å². The van der Waals surface area contributed by atoms with Crippen LogP contribution in [0.2, 0.25) is 0 Å². The second kappa shape index (κ2) is 11.9. The van der Waals surface area contributed by atoms with Crippen molar-refractivity contribution >= 4 is 33.8 Å². The molecule has 8 nitrogen and oxygen atoms in total. The predicted molar refractivity (Wildman–Crippen MR) is 116 cm³/mol. The van der Waals surface area contributed by atoms with Crippen LogP contribution in [0.15, 0.2) is 65.2 Å². The number of halogens is 1. The number of phenolic OH excluding ortho intramolecular Hbond substituents is 1. The highest BCUT2D eigenvalue weighted by molar-refractivity contribution is 9.10. The van der Waals surface area contributed by atoms with Crippen molar-refractivity contribution in [3.05, 3.63) is 76.3 Å². The third kappa shape index (κ3) is 7.54. The van der Waals surface area contributed by atoms with Crippen LogP contribution in [0.4, 0.5) is 4.79 Å². The number of benzene rings is 2. The van der Waals surface area contributed by atoms with Gasteiger partial charge in [0.1, 0.15) is 11.9 Å². The monoisotopic (exact) mass is 490 g/mol. The van der Waals surface area contributed by atoms with Gasteiger partial charge in [-0.25, -0.2) is 10.3 Å². The first-order chi connectivity index (χ1) is 14.8. The molecule has 0 unspecified atom stereocenters. The van der Waals surface area contributed by atoms with E-state index in [1.807, 2.05) is 6.92 Å². The molecule has 31 heavy (non-hydrogen) atoms. The van der Waals surface area contributed by atoms with E-state index in [0.717, 1.165) is 0 Å². The smallest absolute Gasteiger partial charge is 0.414 e. The molecule has 2 aromatic carbocycles. The molecule has 0 aliphatic heterocycles. The summed E-state index contributed by atoms with van der Waals surface area (Å²) in [7, 11) is 0. The summed E-state index contributed by atoms with van der Waals surface area (Å²) in [6.45, 7) is 1.82. The number of carbonyl (C=O) groups excluding carboxylic acids is 3. The molecule has 0 bridgehead atoms. The number of hydrogen-bond acceptors (Lipinski definition) is 6. The summed E-state index contributed by atoms with van der Waals surface area (Å²) in [6.07, 6.45) is 1.89. The fourth-order valence-electron chi connectivity index (χ4n) is 2.88. The molecule has 0 aliphatic carbocycles. The number of aromatic hydroxyl groups is 1. The number of alkyl carbamates (subject to hydrolysis) is 1. The van der Waals surface area contributed by atoms with Gasteiger partial charge in [-0.15, -0.1) is 0 Å². The minimum absolute atomic E-state index is 0.0579.